The van der Waals surface area contributed by atoms with Crippen molar-refractivity contribution in [1.29, 1.82) is 0 Å². The number of benzene rings is 1. The molecule has 5 nitrogen and oxygen atoms in total. The SMILES string of the molecule is CC1CCN(C(=O)C2CCC3(CC2)CNC(=O)c2cc(Cl)ccc2O3)CC1. The van der Waals surface area contributed by atoms with E-state index in [1.165, 1.54) is 0 Å². The summed E-state index contributed by atoms with van der Waals surface area (Å²) in [6, 6.07) is 5.17. The number of rotatable bonds is 1. The quantitative estimate of drug-likeness (QED) is 0.796. The monoisotopic (exact) mass is 390 g/mol. The van der Waals surface area contributed by atoms with Crippen molar-refractivity contribution < 1.29 is 14.3 Å². The first kappa shape index (κ1) is 18.6. The average molecular weight is 391 g/mol. The van der Waals surface area contributed by atoms with Crippen LogP contribution in [0.4, 0.5) is 0 Å². The highest BCUT2D eigenvalue weighted by Gasteiger charge is 2.42. The molecule has 6 heteroatoms. The van der Waals surface area contributed by atoms with Gasteiger partial charge in [-0.25, -0.2) is 0 Å². The van der Waals surface area contributed by atoms with Crippen LogP contribution < -0.4 is 10.1 Å². The van der Waals surface area contributed by atoms with Crippen LogP contribution >= 0.6 is 11.6 Å². The topological polar surface area (TPSA) is 58.6 Å². The Kier molecular flexibility index (Phi) is 5.06. The molecule has 0 aromatic heterocycles. The predicted molar refractivity (Wildman–Crippen MR) is 104 cm³/mol. The van der Waals surface area contributed by atoms with Crippen molar-refractivity contribution in [1.82, 2.24) is 10.2 Å². The third-order valence-corrected chi connectivity index (χ3v) is 6.66. The Labute approximate surface area is 165 Å². The van der Waals surface area contributed by atoms with Crippen molar-refractivity contribution in [3.8, 4) is 5.75 Å². The Balaban J connectivity index is 1.43. The van der Waals surface area contributed by atoms with E-state index in [0.717, 1.165) is 57.5 Å². The number of hydrogen-bond acceptors (Lipinski definition) is 3. The van der Waals surface area contributed by atoms with Gasteiger partial charge in [0.15, 0.2) is 0 Å². The van der Waals surface area contributed by atoms with E-state index >= 15 is 0 Å². The molecule has 1 N–H and O–H groups in total. The molecular formula is C21H27ClN2O3. The number of hydrogen-bond donors (Lipinski definition) is 1. The maximum Gasteiger partial charge on any atom is 0.255 e. The minimum atomic E-state index is -0.429. The Morgan fingerprint density at radius 3 is 2.63 bits per heavy atom. The van der Waals surface area contributed by atoms with E-state index in [1.54, 1.807) is 18.2 Å². The third kappa shape index (κ3) is 3.79. The van der Waals surface area contributed by atoms with E-state index in [9.17, 15) is 9.59 Å². The van der Waals surface area contributed by atoms with Crippen molar-refractivity contribution in [2.24, 2.45) is 11.8 Å². The highest BCUT2D eigenvalue weighted by molar-refractivity contribution is 6.31. The summed E-state index contributed by atoms with van der Waals surface area (Å²) >= 11 is 6.03. The van der Waals surface area contributed by atoms with Crippen molar-refractivity contribution in [3.63, 3.8) is 0 Å². The lowest BCUT2D eigenvalue weighted by molar-refractivity contribution is -0.139. The van der Waals surface area contributed by atoms with Gasteiger partial charge in [0.2, 0.25) is 5.91 Å². The molecule has 3 aliphatic rings. The van der Waals surface area contributed by atoms with E-state index < -0.39 is 5.60 Å². The predicted octanol–water partition coefficient (Wildman–Crippen LogP) is 3.65. The summed E-state index contributed by atoms with van der Waals surface area (Å²) in [4.78, 5) is 27.3. The second kappa shape index (κ2) is 7.34. The van der Waals surface area contributed by atoms with Gasteiger partial charge < -0.3 is 15.0 Å². The molecule has 146 valence electrons. The van der Waals surface area contributed by atoms with E-state index in [0.29, 0.717) is 28.8 Å². The maximum atomic E-state index is 12.9. The number of fused-ring (bicyclic) bond motifs is 1. The van der Waals surface area contributed by atoms with Gasteiger partial charge in [0.1, 0.15) is 11.4 Å². The zero-order chi connectivity index (χ0) is 19.0. The molecule has 0 unspecified atom stereocenters. The van der Waals surface area contributed by atoms with Crippen LogP contribution in [-0.4, -0.2) is 41.9 Å². The lowest BCUT2D eigenvalue weighted by Gasteiger charge is -2.41. The fraction of sp³-hybridized carbons (Fsp3) is 0.619. The summed E-state index contributed by atoms with van der Waals surface area (Å²) in [7, 11) is 0. The Morgan fingerprint density at radius 2 is 1.93 bits per heavy atom. The number of amides is 2. The molecule has 1 spiro atoms. The van der Waals surface area contributed by atoms with Gasteiger partial charge in [0.25, 0.3) is 5.91 Å². The number of carbonyl (C=O) groups excluding carboxylic acids is 2. The normalized spacial score (nSPS) is 28.9. The van der Waals surface area contributed by atoms with E-state index in [1.807, 2.05) is 0 Å². The molecule has 4 rings (SSSR count). The second-order valence-electron chi connectivity index (χ2n) is 8.39. The fourth-order valence-corrected chi connectivity index (χ4v) is 4.70. The molecule has 2 aliphatic heterocycles. The molecule has 0 radical (unpaired) electrons. The van der Waals surface area contributed by atoms with Gasteiger partial charge in [0.05, 0.1) is 12.1 Å². The van der Waals surface area contributed by atoms with Crippen molar-refractivity contribution in [2.75, 3.05) is 19.6 Å². The van der Waals surface area contributed by atoms with Crippen LogP contribution in [0.2, 0.25) is 5.02 Å². The average Bonchev–Trinajstić information content (AvgIpc) is 2.80. The van der Waals surface area contributed by atoms with E-state index in [-0.39, 0.29) is 11.8 Å². The van der Waals surface area contributed by atoms with Crippen LogP contribution in [0.15, 0.2) is 18.2 Å². The molecule has 1 aliphatic carbocycles. The molecule has 2 fully saturated rings. The first-order valence-electron chi connectivity index (χ1n) is 10.0. The van der Waals surface area contributed by atoms with Crippen LogP contribution in [0.25, 0.3) is 0 Å². The molecule has 0 atom stereocenters. The summed E-state index contributed by atoms with van der Waals surface area (Å²) in [5.41, 5.74) is 0.0575. The minimum absolute atomic E-state index is 0.0799. The van der Waals surface area contributed by atoms with Gasteiger partial charge in [0, 0.05) is 24.0 Å². The lowest BCUT2D eigenvalue weighted by atomic mass is 9.77. The standard InChI is InChI=1S/C21H27ClN2O3/c1-14-6-10-24(11-7-14)20(26)15-4-8-21(9-5-15)13-23-19(25)17-12-16(22)2-3-18(17)27-21/h2-3,12,14-15H,4-11,13H2,1H3,(H,23,25). The van der Waals surface area contributed by atoms with Crippen molar-refractivity contribution in [2.45, 2.75) is 51.0 Å². The highest BCUT2D eigenvalue weighted by Crippen LogP contribution is 2.39. The molecule has 2 heterocycles. The van der Waals surface area contributed by atoms with Crippen LogP contribution in [-0.2, 0) is 4.79 Å². The van der Waals surface area contributed by atoms with Gasteiger partial charge in [-0.2, -0.15) is 0 Å². The molecule has 1 saturated heterocycles. The van der Waals surface area contributed by atoms with Crippen LogP contribution in [0.5, 0.6) is 5.75 Å². The van der Waals surface area contributed by atoms with Crippen LogP contribution in [0.3, 0.4) is 0 Å². The van der Waals surface area contributed by atoms with Crippen molar-refractivity contribution >= 4 is 23.4 Å². The zero-order valence-corrected chi connectivity index (χ0v) is 16.6. The summed E-state index contributed by atoms with van der Waals surface area (Å²) < 4.78 is 6.33. The molecule has 1 aromatic carbocycles. The third-order valence-electron chi connectivity index (χ3n) is 6.43. The van der Waals surface area contributed by atoms with Crippen LogP contribution in [0, 0.1) is 11.8 Å². The number of likely N-dealkylation sites (tertiary alicyclic amines) is 1. The van der Waals surface area contributed by atoms with Crippen molar-refractivity contribution in [3.05, 3.63) is 28.8 Å². The largest absolute Gasteiger partial charge is 0.485 e. The summed E-state index contributed by atoms with van der Waals surface area (Å²) in [5, 5.41) is 3.50. The minimum Gasteiger partial charge on any atom is -0.485 e. The fourth-order valence-electron chi connectivity index (χ4n) is 4.53. The van der Waals surface area contributed by atoms with Gasteiger partial charge in [-0.05, 0) is 62.6 Å². The van der Waals surface area contributed by atoms with Gasteiger partial charge in [-0.15, -0.1) is 0 Å². The number of piperidine rings is 1. The summed E-state index contributed by atoms with van der Waals surface area (Å²) in [6.07, 6.45) is 5.38. The van der Waals surface area contributed by atoms with E-state index in [2.05, 4.69) is 17.1 Å². The number of nitrogens with zero attached hydrogens (tertiary/aromatic N) is 1. The Bertz CT molecular complexity index is 735. The molecular weight excluding hydrogens is 364 g/mol. The Hall–Kier alpha value is -1.75. The Morgan fingerprint density at radius 1 is 1.22 bits per heavy atom. The summed E-state index contributed by atoms with van der Waals surface area (Å²) in [6.45, 7) is 4.51. The van der Waals surface area contributed by atoms with Crippen LogP contribution in [0.1, 0.15) is 55.8 Å². The molecule has 27 heavy (non-hydrogen) atoms. The first-order chi connectivity index (χ1) is 13.0. The number of ether oxygens (including phenoxy) is 1. The lowest BCUT2D eigenvalue weighted by Crippen LogP contribution is -2.50. The number of carbonyl (C=O) groups is 2. The first-order valence-corrected chi connectivity index (χ1v) is 10.4. The number of halogens is 1. The second-order valence-corrected chi connectivity index (χ2v) is 8.83. The molecule has 2 amide bonds. The zero-order valence-electron chi connectivity index (χ0n) is 15.8. The smallest absolute Gasteiger partial charge is 0.255 e. The van der Waals surface area contributed by atoms with Gasteiger partial charge in [-0.1, -0.05) is 18.5 Å². The van der Waals surface area contributed by atoms with Gasteiger partial charge >= 0.3 is 0 Å². The number of nitrogens with one attached hydrogen (secondary N) is 1. The molecule has 1 aromatic rings. The van der Waals surface area contributed by atoms with Gasteiger partial charge in [-0.3, -0.25) is 9.59 Å². The highest BCUT2D eigenvalue weighted by atomic mass is 35.5. The van der Waals surface area contributed by atoms with E-state index in [4.69, 9.17) is 16.3 Å². The summed E-state index contributed by atoms with van der Waals surface area (Å²) in [5.74, 6) is 1.55. The molecule has 1 saturated carbocycles. The maximum absolute atomic E-state index is 12.9. The molecule has 0 bridgehead atoms.